The van der Waals surface area contributed by atoms with Gasteiger partial charge in [-0.3, -0.25) is 0 Å². The van der Waals surface area contributed by atoms with E-state index in [4.69, 9.17) is 5.73 Å². The Bertz CT molecular complexity index is 391. The summed E-state index contributed by atoms with van der Waals surface area (Å²) in [5.74, 6) is 1.09. The Morgan fingerprint density at radius 3 is 2.35 bits per heavy atom. The maximum absolute atomic E-state index is 12.8. The Kier molecular flexibility index (Phi) is 5.87. The summed E-state index contributed by atoms with van der Waals surface area (Å²) in [5, 5.41) is 0. The van der Waals surface area contributed by atoms with Crippen LogP contribution < -0.4 is 5.73 Å². The summed E-state index contributed by atoms with van der Waals surface area (Å²) in [6, 6.07) is 0.151. The molecule has 0 spiro atoms. The van der Waals surface area contributed by atoms with Crippen LogP contribution in [0.15, 0.2) is 0 Å². The molecule has 20 heavy (non-hydrogen) atoms. The lowest BCUT2D eigenvalue weighted by molar-refractivity contribution is 0.272. The molecule has 0 aromatic carbocycles. The summed E-state index contributed by atoms with van der Waals surface area (Å²) in [4.78, 5) is 0. The first-order valence-corrected chi connectivity index (χ1v) is 9.89. The van der Waals surface area contributed by atoms with Crippen LogP contribution in [0.3, 0.4) is 0 Å². The highest BCUT2D eigenvalue weighted by Crippen LogP contribution is 2.32. The third-order valence-corrected chi connectivity index (χ3v) is 7.27. The predicted octanol–water partition coefficient (Wildman–Crippen LogP) is 2.35. The molecule has 0 bridgehead atoms. The Labute approximate surface area is 124 Å². The number of nitrogens with two attached hydrogens (primary N) is 1. The quantitative estimate of drug-likeness (QED) is 0.819. The molecule has 2 atom stereocenters. The van der Waals surface area contributed by atoms with Crippen LogP contribution in [0, 0.1) is 11.8 Å². The Morgan fingerprint density at radius 1 is 1.05 bits per heavy atom. The number of rotatable bonds is 6. The Hall–Kier alpha value is -0.130. The molecule has 2 fully saturated rings. The minimum absolute atomic E-state index is 0.151. The minimum atomic E-state index is -3.12. The third-order valence-electron chi connectivity index (χ3n) is 5.13. The van der Waals surface area contributed by atoms with E-state index in [0.29, 0.717) is 30.7 Å². The maximum atomic E-state index is 12.8. The molecule has 2 aliphatic carbocycles. The van der Waals surface area contributed by atoms with Crippen LogP contribution in [0.1, 0.15) is 58.3 Å². The van der Waals surface area contributed by atoms with Crippen LogP contribution in [0.2, 0.25) is 0 Å². The van der Waals surface area contributed by atoms with Crippen molar-refractivity contribution in [1.82, 2.24) is 4.31 Å². The van der Waals surface area contributed by atoms with Gasteiger partial charge in [-0.1, -0.05) is 32.6 Å². The van der Waals surface area contributed by atoms with Gasteiger partial charge in [0, 0.05) is 12.6 Å². The lowest BCUT2D eigenvalue weighted by atomic mass is 9.91. The van der Waals surface area contributed by atoms with E-state index in [9.17, 15) is 8.42 Å². The smallest absolute Gasteiger partial charge is 0.214 e. The monoisotopic (exact) mass is 302 g/mol. The molecule has 118 valence electrons. The van der Waals surface area contributed by atoms with Gasteiger partial charge in [0.05, 0.1) is 5.75 Å². The molecule has 0 radical (unpaired) electrons. The lowest BCUT2D eigenvalue weighted by Gasteiger charge is -2.33. The first kappa shape index (κ1) is 16.2. The van der Waals surface area contributed by atoms with Crippen molar-refractivity contribution in [2.45, 2.75) is 64.3 Å². The SMILES string of the molecule is CCN(C1CCCC1CN)S(=O)(=O)CC1CCCCC1. The molecular formula is C15H30N2O2S. The summed E-state index contributed by atoms with van der Waals surface area (Å²) in [5.41, 5.74) is 5.82. The molecule has 0 saturated heterocycles. The molecule has 2 aliphatic rings. The van der Waals surface area contributed by atoms with Crippen LogP contribution in [0.25, 0.3) is 0 Å². The largest absolute Gasteiger partial charge is 0.330 e. The zero-order valence-electron chi connectivity index (χ0n) is 12.8. The van der Waals surface area contributed by atoms with E-state index in [2.05, 4.69) is 0 Å². The topological polar surface area (TPSA) is 63.4 Å². The van der Waals surface area contributed by atoms with Gasteiger partial charge in [0.25, 0.3) is 0 Å². The van der Waals surface area contributed by atoms with Gasteiger partial charge in [-0.05, 0) is 44.1 Å². The summed E-state index contributed by atoms with van der Waals surface area (Å²) in [6.07, 6.45) is 9.01. The van der Waals surface area contributed by atoms with Gasteiger partial charge >= 0.3 is 0 Å². The summed E-state index contributed by atoms with van der Waals surface area (Å²) in [6.45, 7) is 3.17. The summed E-state index contributed by atoms with van der Waals surface area (Å²) in [7, 11) is -3.12. The normalized spacial score (nSPS) is 29.1. The van der Waals surface area contributed by atoms with Gasteiger partial charge in [-0.25, -0.2) is 8.42 Å². The zero-order chi connectivity index (χ0) is 14.6. The first-order chi connectivity index (χ1) is 9.58. The standard InChI is InChI=1S/C15H30N2O2S/c1-2-17(15-10-6-9-14(15)11-16)20(18,19)12-13-7-4-3-5-8-13/h13-15H,2-12,16H2,1H3. The van der Waals surface area contributed by atoms with Crippen molar-refractivity contribution in [2.75, 3.05) is 18.8 Å². The number of hydrogen-bond donors (Lipinski definition) is 1. The average molecular weight is 302 g/mol. The molecule has 0 aromatic heterocycles. The molecule has 0 amide bonds. The van der Waals surface area contributed by atoms with Gasteiger partial charge in [0.15, 0.2) is 0 Å². The molecular weight excluding hydrogens is 272 g/mol. The van der Waals surface area contributed by atoms with Gasteiger partial charge < -0.3 is 5.73 Å². The van der Waals surface area contributed by atoms with Crippen molar-refractivity contribution in [1.29, 1.82) is 0 Å². The second-order valence-electron chi connectivity index (χ2n) is 6.48. The third kappa shape index (κ3) is 3.74. The van der Waals surface area contributed by atoms with Gasteiger partial charge in [0.1, 0.15) is 0 Å². The molecule has 0 aromatic rings. The van der Waals surface area contributed by atoms with Gasteiger partial charge in [0.2, 0.25) is 10.0 Å². The second-order valence-corrected chi connectivity index (χ2v) is 8.45. The van der Waals surface area contributed by atoms with Crippen LogP contribution in [0.4, 0.5) is 0 Å². The second kappa shape index (κ2) is 7.23. The van der Waals surface area contributed by atoms with Crippen molar-refractivity contribution in [3.05, 3.63) is 0 Å². The molecule has 2 unspecified atom stereocenters. The van der Waals surface area contributed by atoms with E-state index in [1.165, 1.54) is 19.3 Å². The highest BCUT2D eigenvalue weighted by Gasteiger charge is 2.37. The maximum Gasteiger partial charge on any atom is 0.214 e. The number of nitrogens with zero attached hydrogens (tertiary/aromatic N) is 1. The fraction of sp³-hybridized carbons (Fsp3) is 1.00. The van der Waals surface area contributed by atoms with E-state index >= 15 is 0 Å². The van der Waals surface area contributed by atoms with Gasteiger partial charge in [-0.2, -0.15) is 4.31 Å². The Morgan fingerprint density at radius 2 is 1.75 bits per heavy atom. The molecule has 2 saturated carbocycles. The Balaban J connectivity index is 2.04. The molecule has 0 heterocycles. The van der Waals surface area contributed by atoms with Crippen molar-refractivity contribution < 1.29 is 8.42 Å². The van der Waals surface area contributed by atoms with E-state index < -0.39 is 10.0 Å². The molecule has 0 aliphatic heterocycles. The van der Waals surface area contributed by atoms with Crippen molar-refractivity contribution >= 4 is 10.0 Å². The van der Waals surface area contributed by atoms with E-state index in [0.717, 1.165) is 32.1 Å². The van der Waals surface area contributed by atoms with Crippen molar-refractivity contribution in [3.63, 3.8) is 0 Å². The summed E-state index contributed by atoms with van der Waals surface area (Å²) < 4.78 is 27.3. The average Bonchev–Trinajstić information content (AvgIpc) is 2.88. The fourth-order valence-corrected chi connectivity index (χ4v) is 6.26. The van der Waals surface area contributed by atoms with Crippen LogP contribution in [-0.2, 0) is 10.0 Å². The van der Waals surface area contributed by atoms with E-state index in [-0.39, 0.29) is 6.04 Å². The highest BCUT2D eigenvalue weighted by molar-refractivity contribution is 7.89. The van der Waals surface area contributed by atoms with Gasteiger partial charge in [-0.15, -0.1) is 0 Å². The molecule has 4 nitrogen and oxygen atoms in total. The molecule has 2 N–H and O–H groups in total. The number of sulfonamides is 1. The zero-order valence-corrected chi connectivity index (χ0v) is 13.6. The minimum Gasteiger partial charge on any atom is -0.330 e. The van der Waals surface area contributed by atoms with E-state index in [1.807, 2.05) is 6.92 Å². The van der Waals surface area contributed by atoms with E-state index in [1.54, 1.807) is 4.31 Å². The lowest BCUT2D eigenvalue weighted by Crippen LogP contribution is -2.46. The molecule has 5 heteroatoms. The highest BCUT2D eigenvalue weighted by atomic mass is 32.2. The van der Waals surface area contributed by atoms with Crippen molar-refractivity contribution in [2.24, 2.45) is 17.6 Å². The van der Waals surface area contributed by atoms with Crippen LogP contribution in [0.5, 0.6) is 0 Å². The first-order valence-electron chi connectivity index (χ1n) is 8.28. The van der Waals surface area contributed by atoms with Crippen LogP contribution in [-0.4, -0.2) is 37.6 Å². The number of hydrogen-bond acceptors (Lipinski definition) is 3. The summed E-state index contributed by atoms with van der Waals surface area (Å²) >= 11 is 0. The fourth-order valence-electron chi connectivity index (χ4n) is 4.06. The predicted molar refractivity (Wildman–Crippen MR) is 82.9 cm³/mol. The van der Waals surface area contributed by atoms with Crippen LogP contribution >= 0.6 is 0 Å². The molecule has 2 rings (SSSR count). The van der Waals surface area contributed by atoms with Crippen molar-refractivity contribution in [3.8, 4) is 0 Å².